The van der Waals surface area contributed by atoms with Crippen LogP contribution in [0.3, 0.4) is 0 Å². The van der Waals surface area contributed by atoms with Crippen molar-refractivity contribution in [1.82, 2.24) is 0 Å². The van der Waals surface area contributed by atoms with Crippen molar-refractivity contribution in [3.63, 3.8) is 0 Å². The Morgan fingerprint density at radius 1 is 1.22 bits per heavy atom. The largest absolute Gasteiger partial charge is 0.462 e. The van der Waals surface area contributed by atoms with Crippen molar-refractivity contribution in [2.75, 3.05) is 44.8 Å². The van der Waals surface area contributed by atoms with Gasteiger partial charge in [0.2, 0.25) is 0 Å². The Kier molecular flexibility index (Phi) is 6.60. The highest BCUT2D eigenvalue weighted by Gasteiger charge is 2.26. The van der Waals surface area contributed by atoms with Gasteiger partial charge in [0, 0.05) is 10.4 Å². The zero-order valence-electron chi connectivity index (χ0n) is 15.7. The Morgan fingerprint density at radius 3 is 2.59 bits per heavy atom. The molecule has 6 nitrogen and oxygen atoms in total. The molecular weight excluding hydrogens is 364 g/mol. The van der Waals surface area contributed by atoms with Crippen molar-refractivity contribution < 1.29 is 24.0 Å². The van der Waals surface area contributed by atoms with Gasteiger partial charge in [0.25, 0.3) is 5.91 Å². The first kappa shape index (κ1) is 19.5. The van der Waals surface area contributed by atoms with Gasteiger partial charge in [-0.05, 0) is 19.4 Å². The molecule has 1 fully saturated rings. The molecule has 27 heavy (non-hydrogen) atoms. The predicted molar refractivity (Wildman–Crippen MR) is 105 cm³/mol. The molecule has 0 atom stereocenters. The Morgan fingerprint density at radius 2 is 1.93 bits per heavy atom. The van der Waals surface area contributed by atoms with Crippen LogP contribution in [0.5, 0.6) is 0 Å². The van der Waals surface area contributed by atoms with E-state index in [9.17, 15) is 9.59 Å². The summed E-state index contributed by atoms with van der Waals surface area (Å²) in [5.41, 5.74) is 2.21. The summed E-state index contributed by atoms with van der Waals surface area (Å²) < 4.78 is 10.6. The van der Waals surface area contributed by atoms with E-state index in [1.807, 2.05) is 37.3 Å². The van der Waals surface area contributed by atoms with E-state index in [-0.39, 0.29) is 12.5 Å². The van der Waals surface area contributed by atoms with E-state index in [4.69, 9.17) is 9.47 Å². The van der Waals surface area contributed by atoms with Crippen LogP contribution in [0.15, 0.2) is 30.3 Å². The number of morpholine rings is 1. The molecule has 0 saturated carbocycles. The van der Waals surface area contributed by atoms with Crippen LogP contribution in [-0.4, -0.2) is 51.3 Å². The third-order valence-corrected chi connectivity index (χ3v) is 5.51. The molecule has 2 heterocycles. The van der Waals surface area contributed by atoms with Crippen LogP contribution < -0.4 is 10.2 Å². The number of thiophene rings is 1. The van der Waals surface area contributed by atoms with E-state index in [1.54, 1.807) is 6.92 Å². The minimum absolute atomic E-state index is 0.0988. The summed E-state index contributed by atoms with van der Waals surface area (Å²) in [5, 5.41) is 3.50. The smallest absolute Gasteiger partial charge is 0.341 e. The number of amides is 1. The molecule has 1 aliphatic rings. The molecule has 0 radical (unpaired) electrons. The molecule has 3 rings (SSSR count). The van der Waals surface area contributed by atoms with E-state index in [2.05, 4.69) is 5.32 Å². The van der Waals surface area contributed by atoms with Gasteiger partial charge in [-0.15, -0.1) is 11.3 Å². The van der Waals surface area contributed by atoms with Crippen LogP contribution in [-0.2, 0) is 14.3 Å². The van der Waals surface area contributed by atoms with Crippen LogP contribution in [0.4, 0.5) is 5.00 Å². The zero-order chi connectivity index (χ0) is 19.2. The van der Waals surface area contributed by atoms with Crippen LogP contribution >= 0.6 is 11.3 Å². The molecule has 7 heteroatoms. The van der Waals surface area contributed by atoms with Gasteiger partial charge in [0.05, 0.1) is 19.8 Å². The van der Waals surface area contributed by atoms with Gasteiger partial charge in [0.1, 0.15) is 23.7 Å². The van der Waals surface area contributed by atoms with Crippen molar-refractivity contribution in [1.29, 1.82) is 0 Å². The first-order valence-electron chi connectivity index (χ1n) is 9.17. The first-order valence-corrected chi connectivity index (χ1v) is 9.99. The lowest BCUT2D eigenvalue weighted by Crippen LogP contribution is -3.15. The van der Waals surface area contributed by atoms with E-state index in [1.165, 1.54) is 16.2 Å². The number of carbonyl (C=O) groups excluding carboxylic acids is 2. The summed E-state index contributed by atoms with van der Waals surface area (Å²) in [5.74, 6) is -0.506. The molecule has 2 aromatic rings. The SMILES string of the molecule is CCOC(=O)c1c(NC(=O)C[NH+]2CCOCC2)sc(C)c1-c1ccccc1. The minimum atomic E-state index is -0.408. The third-order valence-electron chi connectivity index (χ3n) is 4.49. The van der Waals surface area contributed by atoms with E-state index in [0.717, 1.165) is 29.1 Å². The minimum Gasteiger partial charge on any atom is -0.462 e. The second-order valence-electron chi connectivity index (χ2n) is 6.41. The van der Waals surface area contributed by atoms with E-state index < -0.39 is 5.97 Å². The number of benzene rings is 1. The summed E-state index contributed by atoms with van der Waals surface area (Å²) in [6.07, 6.45) is 0. The highest BCUT2D eigenvalue weighted by atomic mass is 32.1. The fraction of sp³-hybridized carbons (Fsp3) is 0.400. The van der Waals surface area contributed by atoms with Crippen LogP contribution in [0.1, 0.15) is 22.2 Å². The quantitative estimate of drug-likeness (QED) is 0.739. The van der Waals surface area contributed by atoms with Gasteiger partial charge in [-0.2, -0.15) is 0 Å². The average molecular weight is 389 g/mol. The van der Waals surface area contributed by atoms with Gasteiger partial charge < -0.3 is 19.7 Å². The van der Waals surface area contributed by atoms with Gasteiger partial charge >= 0.3 is 5.97 Å². The van der Waals surface area contributed by atoms with Crippen molar-refractivity contribution in [2.24, 2.45) is 0 Å². The van der Waals surface area contributed by atoms with Gasteiger partial charge in [-0.25, -0.2) is 4.79 Å². The lowest BCUT2D eigenvalue weighted by Gasteiger charge is -2.23. The fourth-order valence-electron chi connectivity index (χ4n) is 3.22. The normalized spacial score (nSPS) is 14.7. The van der Waals surface area contributed by atoms with E-state index >= 15 is 0 Å². The highest BCUT2D eigenvalue weighted by molar-refractivity contribution is 7.17. The maximum absolute atomic E-state index is 12.7. The number of carbonyl (C=O) groups is 2. The average Bonchev–Trinajstić information content (AvgIpc) is 2.99. The van der Waals surface area contributed by atoms with Crippen LogP contribution in [0.25, 0.3) is 11.1 Å². The molecule has 0 unspecified atom stereocenters. The van der Waals surface area contributed by atoms with Crippen molar-refractivity contribution in [3.8, 4) is 11.1 Å². The molecule has 0 spiro atoms. The molecule has 1 aromatic carbocycles. The maximum atomic E-state index is 12.7. The molecule has 1 saturated heterocycles. The van der Waals surface area contributed by atoms with E-state index in [0.29, 0.717) is 30.3 Å². The fourth-order valence-corrected chi connectivity index (χ4v) is 4.30. The molecule has 144 valence electrons. The first-order chi connectivity index (χ1) is 13.1. The van der Waals surface area contributed by atoms with Crippen molar-refractivity contribution >= 4 is 28.2 Å². The maximum Gasteiger partial charge on any atom is 0.341 e. The number of rotatable bonds is 6. The highest BCUT2D eigenvalue weighted by Crippen LogP contribution is 2.40. The number of hydrogen-bond donors (Lipinski definition) is 2. The van der Waals surface area contributed by atoms with Gasteiger partial charge in [-0.3, -0.25) is 4.79 Å². The summed E-state index contributed by atoms with van der Waals surface area (Å²) >= 11 is 1.41. The lowest BCUT2D eigenvalue weighted by molar-refractivity contribution is -0.899. The Labute approximate surface area is 163 Å². The van der Waals surface area contributed by atoms with Crippen molar-refractivity contribution in [3.05, 3.63) is 40.8 Å². The summed E-state index contributed by atoms with van der Waals surface area (Å²) in [7, 11) is 0. The van der Waals surface area contributed by atoms with Crippen LogP contribution in [0.2, 0.25) is 0 Å². The van der Waals surface area contributed by atoms with Gasteiger partial charge in [-0.1, -0.05) is 30.3 Å². The second kappa shape index (κ2) is 9.12. The predicted octanol–water partition coefficient (Wildman–Crippen LogP) is 1.75. The number of ether oxygens (including phenoxy) is 2. The molecule has 2 N–H and O–H groups in total. The molecule has 0 aliphatic carbocycles. The number of anilines is 1. The molecule has 0 bridgehead atoms. The van der Waals surface area contributed by atoms with Crippen molar-refractivity contribution in [2.45, 2.75) is 13.8 Å². The summed E-state index contributed by atoms with van der Waals surface area (Å²) in [4.78, 5) is 27.4. The third kappa shape index (κ3) is 4.74. The summed E-state index contributed by atoms with van der Waals surface area (Å²) in [6.45, 7) is 7.36. The number of aryl methyl sites for hydroxylation is 1. The molecule has 1 aromatic heterocycles. The molecular formula is C20H25N2O4S+. The zero-order valence-corrected chi connectivity index (χ0v) is 16.5. The lowest BCUT2D eigenvalue weighted by atomic mass is 10.0. The standard InChI is InChI=1S/C20H24N2O4S/c1-3-26-20(24)18-17(15-7-5-4-6-8-15)14(2)27-19(18)21-16(23)13-22-9-11-25-12-10-22/h4-8H,3,9-13H2,1-2H3,(H,21,23)/p+1. The number of nitrogens with one attached hydrogen (secondary N) is 2. The summed E-state index contributed by atoms with van der Waals surface area (Å²) in [6, 6.07) is 9.72. The number of esters is 1. The van der Waals surface area contributed by atoms with Gasteiger partial charge in [0.15, 0.2) is 6.54 Å². The topological polar surface area (TPSA) is 69.1 Å². The Hall–Kier alpha value is -2.22. The molecule has 1 amide bonds. The number of hydrogen-bond acceptors (Lipinski definition) is 5. The second-order valence-corrected chi connectivity index (χ2v) is 7.64. The Balaban J connectivity index is 1.87. The molecule has 1 aliphatic heterocycles. The monoisotopic (exact) mass is 389 g/mol. The number of quaternary nitrogens is 1. The van der Waals surface area contributed by atoms with Crippen LogP contribution in [0, 0.1) is 6.92 Å². The Bertz CT molecular complexity index is 798.